The zero-order chi connectivity index (χ0) is 23.8. The molecule has 2 fully saturated rings. The molecular weight excluding hydrogens is 453 g/mol. The molecule has 2 aromatic rings. The molecule has 2 saturated heterocycles. The van der Waals surface area contributed by atoms with E-state index in [9.17, 15) is 22.8 Å². The Morgan fingerprint density at radius 1 is 1.15 bits per heavy atom. The largest absolute Gasteiger partial charge is 0.417 e. The summed E-state index contributed by atoms with van der Waals surface area (Å²) in [4.78, 5) is 29.0. The molecule has 1 aromatic heterocycles. The lowest BCUT2D eigenvalue weighted by atomic mass is 9.78. The van der Waals surface area contributed by atoms with Crippen LogP contribution in [0.5, 0.6) is 0 Å². The molecule has 0 radical (unpaired) electrons. The number of hydrogen-bond donors (Lipinski definition) is 1. The maximum absolute atomic E-state index is 13.4. The van der Waals surface area contributed by atoms with Crippen molar-refractivity contribution in [1.29, 1.82) is 5.26 Å². The number of primary amides is 1. The molecule has 3 heterocycles. The number of nitrogens with zero attached hydrogens (tertiary/aromatic N) is 3. The van der Waals surface area contributed by atoms with E-state index in [4.69, 9.17) is 11.0 Å². The van der Waals surface area contributed by atoms with Gasteiger partial charge in [-0.25, -0.2) is 0 Å². The van der Waals surface area contributed by atoms with Gasteiger partial charge < -0.3 is 15.5 Å². The highest BCUT2D eigenvalue weighted by molar-refractivity contribution is 7.12. The van der Waals surface area contributed by atoms with Gasteiger partial charge in [0.2, 0.25) is 5.91 Å². The monoisotopic (exact) mass is 476 g/mol. The number of rotatable bonds is 4. The smallest absolute Gasteiger partial charge is 0.370 e. The molecule has 0 aliphatic carbocycles. The number of carbonyl (C=O) groups is 2. The van der Waals surface area contributed by atoms with Crippen LogP contribution >= 0.6 is 11.3 Å². The number of alkyl halides is 3. The number of amides is 2. The molecule has 174 valence electrons. The van der Waals surface area contributed by atoms with Gasteiger partial charge in [0.1, 0.15) is 0 Å². The van der Waals surface area contributed by atoms with Crippen molar-refractivity contribution >= 4 is 28.8 Å². The van der Waals surface area contributed by atoms with E-state index in [0.717, 1.165) is 6.07 Å². The van der Waals surface area contributed by atoms with E-state index in [2.05, 4.69) is 0 Å². The van der Waals surface area contributed by atoms with E-state index in [1.54, 1.807) is 17.0 Å². The van der Waals surface area contributed by atoms with Gasteiger partial charge >= 0.3 is 6.18 Å². The van der Waals surface area contributed by atoms with Crippen molar-refractivity contribution in [3.05, 3.63) is 51.7 Å². The van der Waals surface area contributed by atoms with Gasteiger partial charge in [-0.3, -0.25) is 9.59 Å². The Hall–Kier alpha value is -3.06. The highest BCUT2D eigenvalue weighted by atomic mass is 32.1. The number of hydrogen-bond acceptors (Lipinski definition) is 5. The van der Waals surface area contributed by atoms with Crippen LogP contribution in [-0.4, -0.2) is 42.9 Å². The Bertz CT molecular complexity index is 1070. The van der Waals surface area contributed by atoms with Gasteiger partial charge in [-0.1, -0.05) is 6.07 Å². The van der Waals surface area contributed by atoms with Gasteiger partial charge in [-0.05, 0) is 54.3 Å². The van der Waals surface area contributed by atoms with E-state index >= 15 is 0 Å². The molecule has 10 heteroatoms. The molecule has 0 unspecified atom stereocenters. The molecule has 2 atom stereocenters. The molecule has 2 amide bonds. The van der Waals surface area contributed by atoms with Crippen molar-refractivity contribution in [3.8, 4) is 6.07 Å². The Balaban J connectivity index is 1.49. The lowest BCUT2D eigenvalue weighted by Gasteiger charge is -2.36. The summed E-state index contributed by atoms with van der Waals surface area (Å²) in [6.45, 7) is 1.77. The molecule has 0 bridgehead atoms. The Labute approximate surface area is 193 Å². The molecule has 33 heavy (non-hydrogen) atoms. The second-order valence-corrected chi connectivity index (χ2v) is 9.47. The summed E-state index contributed by atoms with van der Waals surface area (Å²) in [5.41, 5.74) is 4.57. The minimum absolute atomic E-state index is 0.000197. The van der Waals surface area contributed by atoms with Crippen LogP contribution in [0.4, 0.5) is 18.9 Å². The molecule has 2 aliphatic heterocycles. The third-order valence-electron chi connectivity index (χ3n) is 6.69. The van der Waals surface area contributed by atoms with Crippen molar-refractivity contribution in [2.75, 3.05) is 31.1 Å². The number of thiophene rings is 1. The lowest BCUT2D eigenvalue weighted by molar-refractivity contribution is -0.137. The van der Waals surface area contributed by atoms with Crippen molar-refractivity contribution in [3.63, 3.8) is 0 Å². The number of anilines is 1. The summed E-state index contributed by atoms with van der Waals surface area (Å²) in [5, 5.41) is 10.9. The van der Waals surface area contributed by atoms with E-state index in [0.29, 0.717) is 43.0 Å². The number of piperidine rings is 1. The first-order chi connectivity index (χ1) is 15.7. The molecular formula is C23H23F3N4O2S. The number of nitrogens with two attached hydrogens (primary N) is 1. The Kier molecular flexibility index (Phi) is 6.34. The zero-order valence-electron chi connectivity index (χ0n) is 17.7. The maximum Gasteiger partial charge on any atom is 0.417 e. The number of nitriles is 1. The number of benzene rings is 1. The predicted molar refractivity (Wildman–Crippen MR) is 117 cm³/mol. The predicted octanol–water partition coefficient (Wildman–Crippen LogP) is 3.73. The van der Waals surface area contributed by atoms with Gasteiger partial charge in [-0.15, -0.1) is 11.3 Å². The summed E-state index contributed by atoms with van der Waals surface area (Å²) in [6.07, 6.45) is -3.23. The van der Waals surface area contributed by atoms with E-state index in [-0.39, 0.29) is 24.3 Å². The standard InChI is InChI=1S/C23H23F3N4O2S/c24-23(25,26)19-10-16(4-3-15(19)11-27)30-12-17(18(13-30)21(28)31)14-5-7-29(8-6-14)22(32)20-2-1-9-33-20/h1-4,9-10,14,17-18H,5-8,12-13H2,(H2,28,31)/t17-,18+/m0/s1. The summed E-state index contributed by atoms with van der Waals surface area (Å²) in [5.74, 6) is -0.921. The SMILES string of the molecule is N#Cc1ccc(N2C[C@@H](C(N)=O)[C@H](C3CCN(C(=O)c4cccs4)CC3)C2)cc1C(F)(F)F. The second-order valence-electron chi connectivity index (χ2n) is 8.52. The van der Waals surface area contributed by atoms with Crippen LogP contribution < -0.4 is 10.6 Å². The minimum atomic E-state index is -4.65. The van der Waals surface area contributed by atoms with Gasteiger partial charge in [-0.2, -0.15) is 18.4 Å². The molecule has 0 saturated carbocycles. The van der Waals surface area contributed by atoms with Crippen LogP contribution in [0.25, 0.3) is 0 Å². The fourth-order valence-corrected chi connectivity index (χ4v) is 5.66. The zero-order valence-corrected chi connectivity index (χ0v) is 18.5. The lowest BCUT2D eigenvalue weighted by Crippen LogP contribution is -2.42. The quantitative estimate of drug-likeness (QED) is 0.728. The normalized spacial score (nSPS) is 21.8. The summed E-state index contributed by atoms with van der Waals surface area (Å²) >= 11 is 1.40. The first-order valence-electron chi connectivity index (χ1n) is 10.7. The fourth-order valence-electron chi connectivity index (χ4n) is 4.97. The molecule has 2 N–H and O–H groups in total. The number of halogens is 3. The highest BCUT2D eigenvalue weighted by Crippen LogP contribution is 2.40. The summed E-state index contributed by atoms with van der Waals surface area (Å²) in [7, 11) is 0. The first-order valence-corrected chi connectivity index (χ1v) is 11.6. The average molecular weight is 477 g/mol. The molecule has 1 aromatic carbocycles. The van der Waals surface area contributed by atoms with E-state index in [1.807, 2.05) is 16.3 Å². The molecule has 0 spiro atoms. The Morgan fingerprint density at radius 3 is 2.45 bits per heavy atom. The molecule has 2 aliphatic rings. The molecule has 4 rings (SSSR count). The highest BCUT2D eigenvalue weighted by Gasteiger charge is 2.43. The number of likely N-dealkylation sites (tertiary alicyclic amines) is 1. The molecule has 6 nitrogen and oxygen atoms in total. The van der Waals surface area contributed by atoms with Crippen LogP contribution in [0.3, 0.4) is 0 Å². The maximum atomic E-state index is 13.4. The third-order valence-corrected chi connectivity index (χ3v) is 7.55. The van der Waals surface area contributed by atoms with Crippen molar-refractivity contribution < 1.29 is 22.8 Å². The Morgan fingerprint density at radius 2 is 1.88 bits per heavy atom. The third kappa shape index (κ3) is 4.69. The van der Waals surface area contributed by atoms with Crippen molar-refractivity contribution in [2.24, 2.45) is 23.5 Å². The summed E-state index contributed by atoms with van der Waals surface area (Å²) in [6, 6.07) is 8.84. The van der Waals surface area contributed by atoms with Crippen LogP contribution in [0, 0.1) is 29.1 Å². The number of carbonyl (C=O) groups excluding carboxylic acids is 2. The first kappa shape index (κ1) is 23.1. The fraction of sp³-hybridized carbons (Fsp3) is 0.435. The van der Waals surface area contributed by atoms with Gasteiger partial charge in [0.25, 0.3) is 5.91 Å². The van der Waals surface area contributed by atoms with Crippen LogP contribution in [0.15, 0.2) is 35.7 Å². The van der Waals surface area contributed by atoms with Crippen LogP contribution in [0.1, 0.15) is 33.6 Å². The van der Waals surface area contributed by atoms with Gasteiger partial charge in [0.05, 0.1) is 28.0 Å². The van der Waals surface area contributed by atoms with Crippen molar-refractivity contribution in [2.45, 2.75) is 19.0 Å². The van der Waals surface area contributed by atoms with Gasteiger partial charge in [0, 0.05) is 31.9 Å². The van der Waals surface area contributed by atoms with Crippen molar-refractivity contribution in [1.82, 2.24) is 4.90 Å². The minimum Gasteiger partial charge on any atom is -0.370 e. The van der Waals surface area contributed by atoms with Crippen LogP contribution in [0.2, 0.25) is 0 Å². The van der Waals surface area contributed by atoms with Crippen LogP contribution in [-0.2, 0) is 11.0 Å². The van der Waals surface area contributed by atoms with E-state index < -0.39 is 29.1 Å². The topological polar surface area (TPSA) is 90.4 Å². The summed E-state index contributed by atoms with van der Waals surface area (Å²) < 4.78 is 40.2. The second kappa shape index (κ2) is 9.06. The van der Waals surface area contributed by atoms with Gasteiger partial charge in [0.15, 0.2) is 0 Å². The van der Waals surface area contributed by atoms with E-state index in [1.165, 1.54) is 23.5 Å². The average Bonchev–Trinajstić information content (AvgIpc) is 3.48.